The molecular formula is C37H10BClF20N2. The van der Waals surface area contributed by atoms with Crippen molar-refractivity contribution in [1.29, 1.82) is 5.26 Å². The number of hydrogen-bond acceptors (Lipinski definition) is 1. The first-order valence-corrected chi connectivity index (χ1v) is 16.2. The molecule has 24 heteroatoms. The maximum Gasteiger partial charge on any atom is 0.283 e. The van der Waals surface area contributed by atoms with Gasteiger partial charge in [0.05, 0.1) is 0 Å². The second-order valence-electron chi connectivity index (χ2n) is 12.3. The molecule has 0 fully saturated rings. The van der Waals surface area contributed by atoms with Gasteiger partial charge in [-0.25, -0.2) is 87.8 Å². The van der Waals surface area contributed by atoms with Crippen LogP contribution in [0.2, 0.25) is 5.02 Å². The molecule has 0 bridgehead atoms. The molecule has 0 radical (unpaired) electrons. The normalized spacial score (nSPS) is 11.4. The van der Waals surface area contributed by atoms with Crippen LogP contribution in [0.1, 0.15) is 11.3 Å². The van der Waals surface area contributed by atoms with Crippen molar-refractivity contribution in [1.82, 2.24) is 0 Å². The van der Waals surface area contributed by atoms with E-state index in [0.717, 1.165) is 10.6 Å². The summed E-state index contributed by atoms with van der Waals surface area (Å²) in [6.07, 6.45) is -5.32. The van der Waals surface area contributed by atoms with E-state index in [1.807, 2.05) is 47.2 Å². The van der Waals surface area contributed by atoms with Gasteiger partial charge >= 0.3 is 0 Å². The number of benzene rings is 5. The molecule has 1 heterocycles. The Bertz CT molecular complexity index is 2430. The Morgan fingerprint density at radius 1 is 0.393 bits per heavy atom. The van der Waals surface area contributed by atoms with Crippen molar-refractivity contribution in [3.63, 3.8) is 0 Å². The Balaban J connectivity index is 0.000000366. The van der Waals surface area contributed by atoms with Gasteiger partial charge in [-0.2, -0.15) is 9.83 Å². The Morgan fingerprint density at radius 2 is 0.656 bits per heavy atom. The summed E-state index contributed by atoms with van der Waals surface area (Å²) in [6, 6.07) is 15.4. The van der Waals surface area contributed by atoms with E-state index >= 15 is 35.1 Å². The average molecular weight is 909 g/mol. The molecule has 6 rings (SSSR count). The topological polar surface area (TPSA) is 27.7 Å². The zero-order valence-electron chi connectivity index (χ0n) is 28.7. The highest BCUT2D eigenvalue weighted by atomic mass is 35.5. The highest BCUT2D eigenvalue weighted by molar-refractivity contribution is 7.20. The van der Waals surface area contributed by atoms with Crippen LogP contribution in [0, 0.1) is 128 Å². The van der Waals surface area contributed by atoms with Crippen molar-refractivity contribution < 1.29 is 92.4 Å². The van der Waals surface area contributed by atoms with Gasteiger partial charge in [0, 0.05) is 22.7 Å². The van der Waals surface area contributed by atoms with Crippen molar-refractivity contribution in [3.8, 4) is 6.07 Å². The van der Waals surface area contributed by atoms with Crippen molar-refractivity contribution >= 4 is 39.6 Å². The molecule has 0 aliphatic rings. The maximum absolute atomic E-state index is 15.4. The van der Waals surface area contributed by atoms with Gasteiger partial charge in [-0.3, -0.25) is 0 Å². The lowest BCUT2D eigenvalue weighted by Crippen LogP contribution is -2.81. The van der Waals surface area contributed by atoms with Gasteiger partial charge in [-0.1, -0.05) is 23.7 Å². The van der Waals surface area contributed by atoms with Crippen LogP contribution in [-0.2, 0) is 6.54 Å². The number of nitriles is 1. The lowest BCUT2D eigenvalue weighted by atomic mass is 9.12. The fraction of sp³-hybridized carbons (Fsp3) is 0.0270. The summed E-state index contributed by atoms with van der Waals surface area (Å²) in [7, 11) is 0. The fourth-order valence-corrected chi connectivity index (χ4v) is 6.50. The second-order valence-corrected chi connectivity index (χ2v) is 12.7. The van der Waals surface area contributed by atoms with Gasteiger partial charge in [0.2, 0.25) is 0 Å². The molecule has 5 aromatic carbocycles. The van der Waals surface area contributed by atoms with Crippen molar-refractivity contribution in [2.45, 2.75) is 6.54 Å². The molecule has 2 nitrogen and oxygen atoms in total. The van der Waals surface area contributed by atoms with Crippen LogP contribution >= 0.6 is 11.6 Å². The first-order chi connectivity index (χ1) is 28.5. The van der Waals surface area contributed by atoms with Crippen LogP contribution in [0.3, 0.4) is 0 Å². The van der Waals surface area contributed by atoms with Gasteiger partial charge in [-0.05, 0) is 18.2 Å². The smallest absolute Gasteiger partial charge is 0.207 e. The molecule has 0 saturated carbocycles. The molecule has 0 amide bonds. The molecule has 0 spiro atoms. The molecular weight excluding hydrogens is 899 g/mol. The van der Waals surface area contributed by atoms with Crippen LogP contribution in [0.5, 0.6) is 0 Å². The minimum atomic E-state index is -7.22. The molecule has 1 aromatic heterocycles. The standard InChI is InChI=1S/C24BF20.C13H10ClN2/c26-5-1(6(27)14(35)21(42)13(5)34)25(2-7(28)15(36)22(43)16(37)8(2)29,3-9(30)17(38)23(44)18(39)10(3)31)4-11(32)19(40)24(45)20(41)12(4)33;14-12-6-4-11(5-7-12)10-16-8-2-1-3-13(16)9-15/h;1-8H,10H2/q-1;+1. The molecule has 0 aliphatic carbocycles. The van der Waals surface area contributed by atoms with Gasteiger partial charge in [0.15, 0.2) is 88.6 Å². The van der Waals surface area contributed by atoms with Crippen LogP contribution in [0.4, 0.5) is 87.8 Å². The third-order valence-corrected chi connectivity index (χ3v) is 9.28. The lowest BCUT2D eigenvalue weighted by molar-refractivity contribution is -0.690. The summed E-state index contributed by atoms with van der Waals surface area (Å²) < 4.78 is 296. The van der Waals surface area contributed by atoms with Gasteiger partial charge < -0.3 is 0 Å². The Labute approximate surface area is 331 Å². The zero-order valence-corrected chi connectivity index (χ0v) is 29.5. The molecule has 0 unspecified atom stereocenters. The van der Waals surface area contributed by atoms with E-state index in [9.17, 15) is 52.7 Å². The molecule has 0 aliphatic heterocycles. The maximum atomic E-state index is 15.4. The van der Waals surface area contributed by atoms with Gasteiger partial charge in [0.25, 0.3) is 5.69 Å². The van der Waals surface area contributed by atoms with Crippen molar-refractivity contribution in [2.75, 3.05) is 0 Å². The van der Waals surface area contributed by atoms with Crippen LogP contribution < -0.4 is 26.4 Å². The summed E-state index contributed by atoms with van der Waals surface area (Å²) >= 11 is 5.81. The number of pyridine rings is 1. The molecule has 6 aromatic rings. The predicted octanol–water partition coefficient (Wildman–Crippen LogP) is 8.39. The number of nitrogens with zero attached hydrogens (tertiary/aromatic N) is 2. The van der Waals surface area contributed by atoms with Gasteiger partial charge in [0.1, 0.15) is 52.7 Å². The van der Waals surface area contributed by atoms with Crippen LogP contribution in [0.15, 0.2) is 48.7 Å². The van der Waals surface area contributed by atoms with E-state index in [2.05, 4.69) is 6.07 Å². The molecule has 0 saturated heterocycles. The number of rotatable bonds is 6. The summed E-state index contributed by atoms with van der Waals surface area (Å²) in [5, 5.41) is 9.67. The van der Waals surface area contributed by atoms with E-state index in [-0.39, 0.29) is 0 Å². The van der Waals surface area contributed by atoms with Crippen LogP contribution in [-0.4, -0.2) is 6.15 Å². The zero-order chi connectivity index (χ0) is 45.7. The Morgan fingerprint density at radius 3 is 0.918 bits per heavy atom. The first kappa shape index (κ1) is 45.8. The highest BCUT2D eigenvalue weighted by Crippen LogP contribution is 2.30. The monoisotopic (exact) mass is 908 g/mol. The quantitative estimate of drug-likeness (QED) is 0.0543. The molecule has 0 N–H and O–H groups in total. The third kappa shape index (κ3) is 7.25. The van der Waals surface area contributed by atoms with E-state index in [4.69, 9.17) is 16.9 Å². The summed E-state index contributed by atoms with van der Waals surface area (Å²) in [5.74, 6) is -71.4. The predicted molar refractivity (Wildman–Crippen MR) is 171 cm³/mol. The third-order valence-electron chi connectivity index (χ3n) is 9.03. The Kier molecular flexibility index (Phi) is 12.7. The Hall–Kier alpha value is -6.31. The second kappa shape index (κ2) is 17.0. The number of hydrogen-bond donors (Lipinski definition) is 0. The molecule has 0 atom stereocenters. The van der Waals surface area contributed by atoms with Crippen LogP contribution in [0.25, 0.3) is 0 Å². The lowest BCUT2D eigenvalue weighted by Gasteiger charge is -2.44. The molecule has 61 heavy (non-hydrogen) atoms. The van der Waals surface area contributed by atoms with Crippen molar-refractivity contribution in [2.24, 2.45) is 0 Å². The van der Waals surface area contributed by atoms with Gasteiger partial charge in [-0.15, -0.1) is 21.9 Å². The minimum absolute atomic E-state index is 0.650. The van der Waals surface area contributed by atoms with E-state index in [1.165, 1.54) is 0 Å². The minimum Gasteiger partial charge on any atom is -0.207 e. The summed E-state index contributed by atoms with van der Waals surface area (Å²) in [5.41, 5.74) is -12.6. The summed E-state index contributed by atoms with van der Waals surface area (Å²) in [4.78, 5) is 0. The highest BCUT2D eigenvalue weighted by Gasteiger charge is 2.52. The fourth-order valence-electron chi connectivity index (χ4n) is 6.38. The summed E-state index contributed by atoms with van der Waals surface area (Å²) in [6.45, 7) is 0.681. The first-order valence-electron chi connectivity index (χ1n) is 15.9. The number of aromatic nitrogens is 1. The SMILES string of the molecule is Fc1c(F)c(F)c([B-](c2c(F)c(F)c(F)c(F)c2F)(c2c(F)c(F)c(F)c(F)c2F)c2c(F)c(F)c(F)c(F)c2F)c(F)c1F.N#Cc1cccc[n+]1Cc1ccc(Cl)cc1. The molecule has 318 valence electrons. The average Bonchev–Trinajstić information content (AvgIpc) is 3.24. The number of halogens is 21. The van der Waals surface area contributed by atoms with Crippen molar-refractivity contribution in [3.05, 3.63) is 181 Å². The largest absolute Gasteiger partial charge is 0.283 e. The van der Waals surface area contributed by atoms with E-state index in [1.54, 1.807) is 6.07 Å². The van der Waals surface area contributed by atoms with E-state index < -0.39 is 144 Å². The van der Waals surface area contributed by atoms with E-state index in [0.29, 0.717) is 12.2 Å².